The van der Waals surface area contributed by atoms with Crippen molar-refractivity contribution in [1.82, 2.24) is 0 Å². The van der Waals surface area contributed by atoms with Crippen LogP contribution in [0, 0.1) is 6.92 Å². The third-order valence-electron chi connectivity index (χ3n) is 5.38. The van der Waals surface area contributed by atoms with Gasteiger partial charge >= 0.3 is 5.97 Å². The maximum absolute atomic E-state index is 12.9. The highest BCUT2D eigenvalue weighted by atomic mass is 16.5. The number of carbonyl (C=O) groups is 1. The van der Waals surface area contributed by atoms with E-state index < -0.39 is 0 Å². The van der Waals surface area contributed by atoms with Gasteiger partial charge in [0.15, 0.2) is 0 Å². The molecule has 0 saturated carbocycles. The molecule has 5 rings (SSSR count). The van der Waals surface area contributed by atoms with E-state index in [1.54, 1.807) is 0 Å². The topological polar surface area (TPSA) is 35.5 Å². The molecule has 0 spiro atoms. The van der Waals surface area contributed by atoms with E-state index in [1.165, 1.54) is 7.11 Å². The molecular formula is C25H18O3. The Labute approximate surface area is 163 Å². The van der Waals surface area contributed by atoms with E-state index in [0.717, 1.165) is 50.1 Å². The third-order valence-corrected chi connectivity index (χ3v) is 5.38. The van der Waals surface area contributed by atoms with Gasteiger partial charge in [-0.25, -0.2) is 4.79 Å². The molecule has 0 unspecified atom stereocenters. The molecule has 0 aromatic heterocycles. The first-order valence-corrected chi connectivity index (χ1v) is 9.21. The highest BCUT2D eigenvalue weighted by Crippen LogP contribution is 2.52. The van der Waals surface area contributed by atoms with Crippen molar-refractivity contribution in [3.05, 3.63) is 83.9 Å². The predicted molar refractivity (Wildman–Crippen MR) is 111 cm³/mol. The van der Waals surface area contributed by atoms with Gasteiger partial charge in [-0.05, 0) is 35.6 Å². The lowest BCUT2D eigenvalue weighted by atomic mass is 9.82. The number of carbonyl (C=O) groups excluding carboxylic acids is 1. The van der Waals surface area contributed by atoms with Crippen molar-refractivity contribution in [2.24, 2.45) is 0 Å². The first-order chi connectivity index (χ1) is 13.7. The van der Waals surface area contributed by atoms with Crippen molar-refractivity contribution >= 4 is 16.7 Å². The van der Waals surface area contributed by atoms with Crippen molar-refractivity contribution in [2.45, 2.75) is 6.92 Å². The summed E-state index contributed by atoms with van der Waals surface area (Å²) in [6.45, 7) is 1.97. The van der Waals surface area contributed by atoms with E-state index in [-0.39, 0.29) is 5.97 Å². The number of ether oxygens (including phenoxy) is 2. The summed E-state index contributed by atoms with van der Waals surface area (Å²) in [7, 11) is 1.43. The van der Waals surface area contributed by atoms with E-state index in [9.17, 15) is 4.79 Å². The van der Waals surface area contributed by atoms with Gasteiger partial charge in [-0.1, -0.05) is 60.7 Å². The predicted octanol–water partition coefficient (Wildman–Crippen LogP) is 6.37. The van der Waals surface area contributed by atoms with Gasteiger partial charge in [-0.3, -0.25) is 0 Å². The fourth-order valence-electron chi connectivity index (χ4n) is 4.16. The van der Waals surface area contributed by atoms with E-state index in [0.29, 0.717) is 5.56 Å². The highest BCUT2D eigenvalue weighted by Gasteiger charge is 2.29. The molecule has 4 aromatic rings. The van der Waals surface area contributed by atoms with Gasteiger partial charge in [0.1, 0.15) is 11.5 Å². The van der Waals surface area contributed by atoms with Gasteiger partial charge in [0.2, 0.25) is 0 Å². The molecule has 0 saturated heterocycles. The van der Waals surface area contributed by atoms with Gasteiger partial charge < -0.3 is 9.47 Å². The minimum absolute atomic E-state index is 0.330. The maximum Gasteiger partial charge on any atom is 0.338 e. The van der Waals surface area contributed by atoms with Crippen LogP contribution in [0.3, 0.4) is 0 Å². The highest BCUT2D eigenvalue weighted by molar-refractivity contribution is 6.17. The molecule has 28 heavy (non-hydrogen) atoms. The van der Waals surface area contributed by atoms with Gasteiger partial charge in [0.25, 0.3) is 0 Å². The number of para-hydroxylation sites is 1. The molecule has 0 radical (unpaired) electrons. The van der Waals surface area contributed by atoms with Gasteiger partial charge in [0, 0.05) is 22.1 Å². The van der Waals surface area contributed by atoms with Gasteiger partial charge in [-0.15, -0.1) is 0 Å². The number of esters is 1. The zero-order chi connectivity index (χ0) is 19.3. The molecule has 1 heterocycles. The van der Waals surface area contributed by atoms with Crippen LogP contribution >= 0.6 is 0 Å². The Morgan fingerprint density at radius 1 is 0.821 bits per heavy atom. The molecular weight excluding hydrogens is 348 g/mol. The van der Waals surface area contributed by atoms with Gasteiger partial charge in [0.05, 0.1) is 12.7 Å². The Balaban J connectivity index is 2.06. The molecule has 1 aliphatic rings. The van der Waals surface area contributed by atoms with E-state index >= 15 is 0 Å². The Kier molecular flexibility index (Phi) is 3.69. The number of aryl methyl sites for hydroxylation is 1. The molecule has 3 heteroatoms. The molecule has 1 aliphatic heterocycles. The average molecular weight is 366 g/mol. The molecule has 0 amide bonds. The smallest absolute Gasteiger partial charge is 0.338 e. The van der Waals surface area contributed by atoms with Crippen molar-refractivity contribution in [2.75, 3.05) is 7.11 Å². The fourth-order valence-corrected chi connectivity index (χ4v) is 4.16. The Morgan fingerprint density at radius 2 is 1.54 bits per heavy atom. The second-order valence-electron chi connectivity index (χ2n) is 6.88. The maximum atomic E-state index is 12.9. The summed E-state index contributed by atoms with van der Waals surface area (Å²) in [5, 5.41) is 2.03. The lowest BCUT2D eigenvalue weighted by molar-refractivity contribution is 0.0601. The number of hydrogen-bond acceptors (Lipinski definition) is 3. The number of benzene rings is 4. The monoisotopic (exact) mass is 366 g/mol. The largest absolute Gasteiger partial charge is 0.465 e. The molecule has 0 bridgehead atoms. The summed E-state index contributed by atoms with van der Waals surface area (Å²) in [5.74, 6) is 1.27. The van der Waals surface area contributed by atoms with Crippen LogP contribution in [0.2, 0.25) is 0 Å². The molecule has 0 fully saturated rings. The minimum atomic E-state index is -0.330. The minimum Gasteiger partial charge on any atom is -0.465 e. The summed E-state index contributed by atoms with van der Waals surface area (Å²) >= 11 is 0. The number of fused-ring (bicyclic) bond motifs is 2. The van der Waals surface area contributed by atoms with Crippen LogP contribution in [0.5, 0.6) is 11.5 Å². The first-order valence-electron chi connectivity index (χ1n) is 9.21. The van der Waals surface area contributed by atoms with E-state index in [2.05, 4.69) is 0 Å². The molecule has 136 valence electrons. The van der Waals surface area contributed by atoms with Crippen LogP contribution in [0.1, 0.15) is 15.9 Å². The summed E-state index contributed by atoms with van der Waals surface area (Å²) in [6, 6.07) is 24.0. The molecule has 4 aromatic carbocycles. The Morgan fingerprint density at radius 3 is 2.32 bits per heavy atom. The SMILES string of the molecule is COC(=O)c1c(-c2ccccc2)c2c3c(cccc3c1C)Oc1ccccc1-2. The lowest BCUT2D eigenvalue weighted by Crippen LogP contribution is -2.10. The molecule has 0 atom stereocenters. The van der Waals surface area contributed by atoms with E-state index in [4.69, 9.17) is 9.47 Å². The van der Waals surface area contributed by atoms with Crippen molar-refractivity contribution in [3.8, 4) is 33.8 Å². The summed E-state index contributed by atoms with van der Waals surface area (Å²) in [4.78, 5) is 12.9. The van der Waals surface area contributed by atoms with Crippen LogP contribution < -0.4 is 4.74 Å². The zero-order valence-electron chi connectivity index (χ0n) is 15.7. The lowest BCUT2D eigenvalue weighted by Gasteiger charge is -2.26. The van der Waals surface area contributed by atoms with Crippen LogP contribution in [0.15, 0.2) is 72.8 Å². The Bertz CT molecular complexity index is 1240. The van der Waals surface area contributed by atoms with Crippen LogP contribution in [0.25, 0.3) is 33.0 Å². The fraction of sp³-hybridized carbons (Fsp3) is 0.0800. The van der Waals surface area contributed by atoms with Crippen molar-refractivity contribution < 1.29 is 14.3 Å². The second kappa shape index (κ2) is 6.24. The number of methoxy groups -OCH3 is 1. The van der Waals surface area contributed by atoms with Crippen molar-refractivity contribution in [3.63, 3.8) is 0 Å². The Hall–Kier alpha value is -3.59. The second-order valence-corrected chi connectivity index (χ2v) is 6.88. The van der Waals surface area contributed by atoms with Crippen LogP contribution in [-0.4, -0.2) is 13.1 Å². The quantitative estimate of drug-likeness (QED) is 0.340. The van der Waals surface area contributed by atoms with Crippen molar-refractivity contribution in [1.29, 1.82) is 0 Å². The van der Waals surface area contributed by atoms with Crippen LogP contribution in [-0.2, 0) is 4.74 Å². The number of rotatable bonds is 2. The molecule has 0 N–H and O–H groups in total. The summed E-state index contributed by atoms with van der Waals surface area (Å²) in [6.07, 6.45) is 0. The standard InChI is InChI=1S/C25H18O3/c1-15-17-12-8-14-20-23(17)24(18-11-6-7-13-19(18)28-20)22(21(15)25(26)27-2)16-9-4-3-5-10-16/h3-14H,1-2H3. The first kappa shape index (κ1) is 16.6. The third kappa shape index (κ3) is 2.26. The van der Waals surface area contributed by atoms with Crippen LogP contribution in [0.4, 0.5) is 0 Å². The molecule has 3 nitrogen and oxygen atoms in total. The number of hydrogen-bond donors (Lipinski definition) is 0. The van der Waals surface area contributed by atoms with Gasteiger partial charge in [-0.2, -0.15) is 0 Å². The normalized spacial score (nSPS) is 11.6. The van der Waals surface area contributed by atoms with E-state index in [1.807, 2.05) is 79.7 Å². The summed E-state index contributed by atoms with van der Waals surface area (Å²) < 4.78 is 11.4. The average Bonchev–Trinajstić information content (AvgIpc) is 2.75. The zero-order valence-corrected chi connectivity index (χ0v) is 15.7. The summed E-state index contributed by atoms with van der Waals surface area (Å²) in [5.41, 5.74) is 5.37. The molecule has 0 aliphatic carbocycles.